The minimum absolute atomic E-state index is 0.0462. The summed E-state index contributed by atoms with van der Waals surface area (Å²) in [5, 5.41) is 0. The van der Waals surface area contributed by atoms with Crippen molar-refractivity contribution in [3.05, 3.63) is 30.9 Å². The van der Waals surface area contributed by atoms with Crippen LogP contribution < -0.4 is 0 Å². The smallest absolute Gasteiger partial charge is 0.246 e. The van der Waals surface area contributed by atoms with Crippen molar-refractivity contribution in [2.45, 2.75) is 33.4 Å². The van der Waals surface area contributed by atoms with Gasteiger partial charge in [-0.2, -0.15) is 0 Å². The van der Waals surface area contributed by atoms with Crippen LogP contribution in [0.1, 0.15) is 26.5 Å². The molecule has 0 bridgehead atoms. The molecule has 0 aliphatic heterocycles. The number of carbonyl (C=O) groups excluding carboxylic acids is 2. The second-order valence-electron chi connectivity index (χ2n) is 5.17. The molecule has 0 radical (unpaired) electrons. The lowest BCUT2D eigenvalue weighted by Crippen LogP contribution is -2.45. The van der Waals surface area contributed by atoms with Crippen LogP contribution in [0.25, 0.3) is 0 Å². The Bertz CT molecular complexity index is 508. The number of hydrogen-bond donors (Lipinski definition) is 0. The normalized spacial score (nSPS) is 10.5. The zero-order valence-corrected chi connectivity index (χ0v) is 13.2. The van der Waals surface area contributed by atoms with Gasteiger partial charge in [-0.05, 0) is 26.8 Å². The van der Waals surface area contributed by atoms with E-state index in [1.165, 1.54) is 11.0 Å². The van der Waals surface area contributed by atoms with Gasteiger partial charge in [-0.3, -0.25) is 9.59 Å². The fourth-order valence-corrected chi connectivity index (χ4v) is 2.00. The van der Waals surface area contributed by atoms with Crippen LogP contribution in [-0.4, -0.2) is 50.3 Å². The standard InChI is InChI=1S/C15H24N4O2/c1-6-14(20)18(7-2)10-15(21)19(12(3)4)9-13-8-16-11-17(13)5/h6,8,11-12H,1,7,9-10H2,2-5H3. The molecule has 2 amide bonds. The number of nitrogens with zero attached hydrogens (tertiary/aromatic N) is 4. The monoisotopic (exact) mass is 292 g/mol. The third-order valence-corrected chi connectivity index (χ3v) is 3.39. The molecule has 0 unspecified atom stereocenters. The zero-order valence-electron chi connectivity index (χ0n) is 13.2. The van der Waals surface area contributed by atoms with Crippen LogP contribution in [0.3, 0.4) is 0 Å². The summed E-state index contributed by atoms with van der Waals surface area (Å²) in [7, 11) is 1.89. The van der Waals surface area contributed by atoms with E-state index in [4.69, 9.17) is 0 Å². The molecular formula is C15H24N4O2. The fraction of sp³-hybridized carbons (Fsp3) is 0.533. The second kappa shape index (κ2) is 7.61. The molecule has 6 heteroatoms. The lowest BCUT2D eigenvalue weighted by molar-refractivity contribution is -0.139. The van der Waals surface area contributed by atoms with E-state index in [1.54, 1.807) is 17.4 Å². The largest absolute Gasteiger partial charge is 0.336 e. The lowest BCUT2D eigenvalue weighted by Gasteiger charge is -2.29. The van der Waals surface area contributed by atoms with E-state index in [2.05, 4.69) is 11.6 Å². The molecule has 0 saturated heterocycles. The molecule has 116 valence electrons. The third-order valence-electron chi connectivity index (χ3n) is 3.39. The topological polar surface area (TPSA) is 58.4 Å². The summed E-state index contributed by atoms with van der Waals surface area (Å²) >= 11 is 0. The van der Waals surface area contributed by atoms with Crippen LogP contribution >= 0.6 is 0 Å². The second-order valence-corrected chi connectivity index (χ2v) is 5.17. The summed E-state index contributed by atoms with van der Waals surface area (Å²) < 4.78 is 1.88. The van der Waals surface area contributed by atoms with Crippen LogP contribution in [0.5, 0.6) is 0 Å². The molecule has 0 saturated carbocycles. The molecule has 1 aromatic rings. The Hall–Kier alpha value is -2.11. The Labute approximate surface area is 126 Å². The van der Waals surface area contributed by atoms with Gasteiger partial charge in [-0.25, -0.2) is 4.98 Å². The SMILES string of the molecule is C=CC(=O)N(CC)CC(=O)N(Cc1cncn1C)C(C)C. The fourth-order valence-electron chi connectivity index (χ4n) is 2.00. The molecule has 0 aromatic carbocycles. The van der Waals surface area contributed by atoms with Crippen molar-refractivity contribution in [1.82, 2.24) is 19.4 Å². The molecule has 1 rings (SSSR count). The maximum Gasteiger partial charge on any atom is 0.246 e. The van der Waals surface area contributed by atoms with E-state index >= 15 is 0 Å². The Morgan fingerprint density at radius 1 is 1.48 bits per heavy atom. The van der Waals surface area contributed by atoms with Gasteiger partial charge >= 0.3 is 0 Å². The highest BCUT2D eigenvalue weighted by Crippen LogP contribution is 2.09. The predicted octanol–water partition coefficient (Wildman–Crippen LogP) is 1.19. The molecule has 0 aliphatic rings. The van der Waals surface area contributed by atoms with Crippen LogP contribution in [-0.2, 0) is 23.2 Å². The Morgan fingerprint density at radius 3 is 2.57 bits per heavy atom. The first kappa shape index (κ1) is 16.9. The quantitative estimate of drug-likeness (QED) is 0.709. The summed E-state index contributed by atoms with van der Waals surface area (Å²) in [5.74, 6) is -0.307. The molecule has 1 aromatic heterocycles. The third kappa shape index (κ3) is 4.44. The number of rotatable bonds is 7. The highest BCUT2D eigenvalue weighted by molar-refractivity contribution is 5.90. The van der Waals surface area contributed by atoms with Crippen LogP contribution in [0, 0.1) is 0 Å². The molecule has 21 heavy (non-hydrogen) atoms. The highest BCUT2D eigenvalue weighted by Gasteiger charge is 2.22. The average Bonchev–Trinajstić information content (AvgIpc) is 2.85. The molecule has 1 heterocycles. The molecule has 0 spiro atoms. The van der Waals surface area contributed by atoms with Crippen molar-refractivity contribution in [2.75, 3.05) is 13.1 Å². The Morgan fingerprint density at radius 2 is 2.14 bits per heavy atom. The van der Waals surface area contributed by atoms with Crippen molar-refractivity contribution < 1.29 is 9.59 Å². The van der Waals surface area contributed by atoms with Crippen molar-refractivity contribution in [1.29, 1.82) is 0 Å². The van der Waals surface area contributed by atoms with E-state index in [1.807, 2.05) is 32.4 Å². The van der Waals surface area contributed by atoms with E-state index in [0.29, 0.717) is 13.1 Å². The Balaban J connectivity index is 2.80. The summed E-state index contributed by atoms with van der Waals surface area (Å²) in [4.78, 5) is 31.4. The first-order valence-electron chi connectivity index (χ1n) is 7.06. The van der Waals surface area contributed by atoms with E-state index < -0.39 is 0 Å². The van der Waals surface area contributed by atoms with Gasteiger partial charge in [-0.15, -0.1) is 0 Å². The van der Waals surface area contributed by atoms with Crippen molar-refractivity contribution in [3.8, 4) is 0 Å². The summed E-state index contributed by atoms with van der Waals surface area (Å²) in [6.07, 6.45) is 4.69. The average molecular weight is 292 g/mol. The van der Waals surface area contributed by atoms with Crippen LogP contribution in [0.2, 0.25) is 0 Å². The zero-order chi connectivity index (χ0) is 16.0. The maximum atomic E-state index is 12.5. The molecule has 0 aliphatic carbocycles. The van der Waals surface area contributed by atoms with Gasteiger partial charge in [0.25, 0.3) is 0 Å². The number of aromatic nitrogens is 2. The van der Waals surface area contributed by atoms with E-state index in [-0.39, 0.29) is 24.4 Å². The predicted molar refractivity (Wildman–Crippen MR) is 81.3 cm³/mol. The summed E-state index contributed by atoms with van der Waals surface area (Å²) in [6.45, 7) is 10.2. The number of imidazole rings is 1. The van der Waals surface area contributed by atoms with Gasteiger partial charge in [0.15, 0.2) is 0 Å². The van der Waals surface area contributed by atoms with Crippen molar-refractivity contribution in [2.24, 2.45) is 7.05 Å². The Kier molecular flexibility index (Phi) is 6.14. The maximum absolute atomic E-state index is 12.5. The van der Waals surface area contributed by atoms with E-state index in [0.717, 1.165) is 5.69 Å². The molecule has 0 N–H and O–H groups in total. The van der Waals surface area contributed by atoms with Gasteiger partial charge in [0.1, 0.15) is 6.54 Å². The number of likely N-dealkylation sites (N-methyl/N-ethyl adjacent to an activating group) is 1. The van der Waals surface area contributed by atoms with Crippen molar-refractivity contribution in [3.63, 3.8) is 0 Å². The minimum Gasteiger partial charge on any atom is -0.336 e. The summed E-state index contributed by atoms with van der Waals surface area (Å²) in [6, 6.07) is 0.0462. The van der Waals surface area contributed by atoms with Crippen LogP contribution in [0.15, 0.2) is 25.2 Å². The van der Waals surface area contributed by atoms with Gasteiger partial charge in [0, 0.05) is 25.8 Å². The minimum atomic E-state index is -0.227. The summed E-state index contributed by atoms with van der Waals surface area (Å²) in [5.41, 5.74) is 0.954. The lowest BCUT2D eigenvalue weighted by atomic mass is 10.2. The number of carbonyl (C=O) groups is 2. The van der Waals surface area contributed by atoms with Crippen LogP contribution in [0.4, 0.5) is 0 Å². The number of aryl methyl sites for hydroxylation is 1. The van der Waals surface area contributed by atoms with E-state index in [9.17, 15) is 9.59 Å². The van der Waals surface area contributed by atoms with Gasteiger partial charge in [0.2, 0.25) is 11.8 Å². The molecular weight excluding hydrogens is 268 g/mol. The number of hydrogen-bond acceptors (Lipinski definition) is 3. The van der Waals surface area contributed by atoms with Crippen molar-refractivity contribution >= 4 is 11.8 Å². The highest BCUT2D eigenvalue weighted by atomic mass is 16.2. The van der Waals surface area contributed by atoms with Gasteiger partial charge < -0.3 is 14.4 Å². The molecule has 6 nitrogen and oxygen atoms in total. The first-order chi connectivity index (χ1) is 9.90. The van der Waals surface area contributed by atoms with Gasteiger partial charge in [-0.1, -0.05) is 6.58 Å². The van der Waals surface area contributed by atoms with Gasteiger partial charge in [0.05, 0.1) is 18.6 Å². The first-order valence-corrected chi connectivity index (χ1v) is 7.06. The number of amides is 2. The molecule has 0 atom stereocenters. The molecule has 0 fully saturated rings.